The summed E-state index contributed by atoms with van der Waals surface area (Å²) in [5, 5.41) is 5.89. The molecule has 1 aliphatic rings. The van der Waals surface area contributed by atoms with Gasteiger partial charge in [-0.3, -0.25) is 14.3 Å². The minimum Gasteiger partial charge on any atom is -0.497 e. The Hall–Kier alpha value is -4.71. The van der Waals surface area contributed by atoms with Crippen LogP contribution in [-0.4, -0.2) is 44.3 Å². The van der Waals surface area contributed by atoms with E-state index in [1.807, 2.05) is 6.07 Å². The molecular formula is C30H31N5O6S. The molecular weight excluding hydrogens is 558 g/mol. The molecule has 0 bridgehead atoms. The van der Waals surface area contributed by atoms with Crippen LogP contribution in [0.1, 0.15) is 32.1 Å². The number of aromatic nitrogens is 2. The van der Waals surface area contributed by atoms with Crippen LogP contribution < -0.4 is 24.8 Å². The maximum Gasteiger partial charge on any atom is 0.263 e. The van der Waals surface area contributed by atoms with E-state index in [1.165, 1.54) is 26.4 Å². The summed E-state index contributed by atoms with van der Waals surface area (Å²) in [6.07, 6.45) is 2.78. The number of nitrogens with zero attached hydrogens (tertiary/aromatic N) is 2. The van der Waals surface area contributed by atoms with E-state index in [0.29, 0.717) is 46.7 Å². The average molecular weight is 590 g/mol. The molecule has 0 spiro atoms. The van der Waals surface area contributed by atoms with E-state index >= 15 is 0 Å². The predicted molar refractivity (Wildman–Crippen MR) is 160 cm³/mol. The number of carbonyl (C=O) groups excluding carboxylic acids is 2. The van der Waals surface area contributed by atoms with Gasteiger partial charge in [-0.25, -0.2) is 18.4 Å². The number of anilines is 4. The van der Waals surface area contributed by atoms with Crippen molar-refractivity contribution < 1.29 is 27.5 Å². The van der Waals surface area contributed by atoms with Crippen LogP contribution in [0.3, 0.4) is 0 Å². The largest absolute Gasteiger partial charge is 0.497 e. The fraction of sp³-hybridized carbons (Fsp3) is 0.267. The minimum atomic E-state index is -4.15. The molecule has 1 aliphatic carbocycles. The summed E-state index contributed by atoms with van der Waals surface area (Å²) in [6, 6.07) is 18.2. The van der Waals surface area contributed by atoms with Crippen molar-refractivity contribution >= 4 is 55.8 Å². The highest BCUT2D eigenvalue weighted by molar-refractivity contribution is 7.92. The maximum absolute atomic E-state index is 13.5. The Bertz CT molecular complexity index is 1720. The zero-order valence-electron chi connectivity index (χ0n) is 23.2. The number of hydrogen-bond donors (Lipinski definition) is 3. The lowest BCUT2D eigenvalue weighted by atomic mass is 9.86. The number of sulfonamides is 1. The molecule has 1 heterocycles. The van der Waals surface area contributed by atoms with Gasteiger partial charge in [-0.15, -0.1) is 0 Å². The number of methoxy groups -OCH3 is 2. The highest BCUT2D eigenvalue weighted by atomic mass is 32.2. The average Bonchev–Trinajstić information content (AvgIpc) is 2.97. The molecule has 3 N–H and O–H groups in total. The number of hydrogen-bond acceptors (Lipinski definition) is 9. The van der Waals surface area contributed by atoms with Gasteiger partial charge >= 0.3 is 0 Å². The van der Waals surface area contributed by atoms with E-state index in [4.69, 9.17) is 9.47 Å². The Balaban J connectivity index is 1.40. The molecule has 1 aromatic heterocycles. The first kappa shape index (κ1) is 28.8. The molecule has 12 heteroatoms. The summed E-state index contributed by atoms with van der Waals surface area (Å²) in [5.74, 6) is 1.11. The number of benzene rings is 3. The molecule has 42 heavy (non-hydrogen) atoms. The van der Waals surface area contributed by atoms with E-state index in [1.54, 1.807) is 48.5 Å². The van der Waals surface area contributed by atoms with Gasteiger partial charge in [0.15, 0.2) is 11.6 Å². The third-order valence-corrected chi connectivity index (χ3v) is 8.24. The minimum absolute atomic E-state index is 0.00165. The lowest BCUT2D eigenvalue weighted by molar-refractivity contribution is -0.122. The van der Waals surface area contributed by atoms with Gasteiger partial charge in [-0.2, -0.15) is 0 Å². The third kappa shape index (κ3) is 6.95. The van der Waals surface area contributed by atoms with Crippen LogP contribution in [0.25, 0.3) is 11.0 Å². The van der Waals surface area contributed by atoms with E-state index in [9.17, 15) is 18.0 Å². The van der Waals surface area contributed by atoms with Crippen molar-refractivity contribution in [2.45, 2.75) is 37.0 Å². The molecule has 4 aromatic rings. The summed E-state index contributed by atoms with van der Waals surface area (Å²) >= 11 is 0. The SMILES string of the molecule is COc1cc(Nc2nc3ccccc3nc2NS(=O)(=O)c2cccc(NC(=O)CC3CCCC(=O)C3)c2)cc(OC)c1. The van der Waals surface area contributed by atoms with Gasteiger partial charge in [-0.1, -0.05) is 18.2 Å². The quantitative estimate of drug-likeness (QED) is 0.225. The number of rotatable bonds is 10. The number of Topliss-reactive ketones (excluding diaryl/α,β-unsaturated/α-hetero) is 1. The number of nitrogens with one attached hydrogen (secondary N) is 3. The van der Waals surface area contributed by atoms with Gasteiger partial charge in [0.2, 0.25) is 5.91 Å². The van der Waals surface area contributed by atoms with Gasteiger partial charge in [-0.05, 0) is 49.1 Å². The summed E-state index contributed by atoms with van der Waals surface area (Å²) < 4.78 is 40.3. The number of ether oxygens (including phenoxy) is 2. The molecule has 1 unspecified atom stereocenters. The topological polar surface area (TPSA) is 149 Å². The predicted octanol–water partition coefficient (Wildman–Crippen LogP) is 5.28. The molecule has 1 fully saturated rings. The van der Waals surface area contributed by atoms with Crippen LogP contribution >= 0.6 is 0 Å². The lowest BCUT2D eigenvalue weighted by Gasteiger charge is -2.20. The van der Waals surface area contributed by atoms with Crippen molar-refractivity contribution in [3.05, 3.63) is 66.7 Å². The molecule has 1 amide bonds. The van der Waals surface area contributed by atoms with Crippen LogP contribution in [0.5, 0.6) is 11.5 Å². The first-order valence-electron chi connectivity index (χ1n) is 13.4. The number of carbonyl (C=O) groups is 2. The summed E-state index contributed by atoms with van der Waals surface area (Å²) in [7, 11) is -1.09. The van der Waals surface area contributed by atoms with E-state index < -0.39 is 10.0 Å². The second-order valence-electron chi connectivity index (χ2n) is 10.0. The smallest absolute Gasteiger partial charge is 0.263 e. The second-order valence-corrected chi connectivity index (χ2v) is 11.7. The van der Waals surface area contributed by atoms with Gasteiger partial charge in [0.25, 0.3) is 10.0 Å². The van der Waals surface area contributed by atoms with Gasteiger partial charge in [0, 0.05) is 48.8 Å². The zero-order chi connectivity index (χ0) is 29.7. The normalized spacial score (nSPS) is 15.2. The van der Waals surface area contributed by atoms with Crippen LogP contribution in [0.2, 0.25) is 0 Å². The van der Waals surface area contributed by atoms with Gasteiger partial charge in [0.05, 0.1) is 30.1 Å². The number of fused-ring (bicyclic) bond motifs is 1. The summed E-state index contributed by atoms with van der Waals surface area (Å²) in [6.45, 7) is 0. The third-order valence-electron chi connectivity index (χ3n) is 6.90. The van der Waals surface area contributed by atoms with Crippen LogP contribution in [0, 0.1) is 5.92 Å². The molecule has 3 aromatic carbocycles. The van der Waals surface area contributed by atoms with Crippen molar-refractivity contribution in [1.29, 1.82) is 0 Å². The Labute approximate surface area is 243 Å². The van der Waals surface area contributed by atoms with Crippen molar-refractivity contribution in [3.63, 3.8) is 0 Å². The van der Waals surface area contributed by atoms with Gasteiger partial charge in [0.1, 0.15) is 17.3 Å². The highest BCUT2D eigenvalue weighted by Gasteiger charge is 2.23. The summed E-state index contributed by atoms with van der Waals surface area (Å²) in [5.41, 5.74) is 1.92. The molecule has 1 atom stereocenters. The van der Waals surface area contributed by atoms with Crippen LogP contribution in [-0.2, 0) is 19.6 Å². The van der Waals surface area contributed by atoms with E-state index in [0.717, 1.165) is 12.8 Å². The molecule has 5 rings (SSSR count). The molecule has 0 saturated heterocycles. The standard InChI is InChI=1S/C30H31N5O6S/c1-40-23-15-21(16-24(18-23)41-2)32-29-30(34-27-12-4-3-11-26(27)33-29)35-42(38,39)25-10-6-8-20(17-25)31-28(37)14-19-7-5-9-22(36)13-19/h3-4,6,8,10-12,15-19H,5,7,9,13-14H2,1-2H3,(H,31,37)(H,32,33)(H,34,35). The Morgan fingerprint density at radius 2 is 1.60 bits per heavy atom. The van der Waals surface area contributed by atoms with Crippen molar-refractivity contribution in [2.75, 3.05) is 29.6 Å². The van der Waals surface area contributed by atoms with E-state index in [-0.39, 0.29) is 40.6 Å². The van der Waals surface area contributed by atoms with Crippen LogP contribution in [0.4, 0.5) is 23.0 Å². The fourth-order valence-electron chi connectivity index (χ4n) is 4.86. The second kappa shape index (κ2) is 12.4. The molecule has 0 aliphatic heterocycles. The molecule has 218 valence electrons. The monoisotopic (exact) mass is 589 g/mol. The first-order valence-corrected chi connectivity index (χ1v) is 14.9. The Kier molecular flexibility index (Phi) is 8.53. The van der Waals surface area contributed by atoms with E-state index in [2.05, 4.69) is 25.3 Å². The molecule has 0 radical (unpaired) electrons. The van der Waals surface area contributed by atoms with Crippen molar-refractivity contribution in [3.8, 4) is 11.5 Å². The van der Waals surface area contributed by atoms with Crippen LogP contribution in [0.15, 0.2) is 71.6 Å². The highest BCUT2D eigenvalue weighted by Crippen LogP contribution is 2.32. The summed E-state index contributed by atoms with van der Waals surface area (Å²) in [4.78, 5) is 33.5. The molecule has 1 saturated carbocycles. The Morgan fingerprint density at radius 3 is 2.26 bits per heavy atom. The number of para-hydroxylation sites is 2. The lowest BCUT2D eigenvalue weighted by Crippen LogP contribution is -2.22. The number of ketones is 1. The maximum atomic E-state index is 13.5. The number of amides is 1. The molecule has 11 nitrogen and oxygen atoms in total. The van der Waals surface area contributed by atoms with Crippen molar-refractivity contribution in [1.82, 2.24) is 9.97 Å². The zero-order valence-corrected chi connectivity index (χ0v) is 24.0. The first-order chi connectivity index (χ1) is 20.2. The van der Waals surface area contributed by atoms with Gasteiger partial charge < -0.3 is 20.1 Å². The van der Waals surface area contributed by atoms with Crippen molar-refractivity contribution in [2.24, 2.45) is 5.92 Å². The Morgan fingerprint density at radius 1 is 0.905 bits per heavy atom. The fourth-order valence-corrected chi connectivity index (χ4v) is 5.92.